The van der Waals surface area contributed by atoms with Crippen LogP contribution in [0.1, 0.15) is 10.4 Å². The molecule has 0 radical (unpaired) electrons. The molecular weight excluding hydrogens is 448 g/mol. The third-order valence-electron chi connectivity index (χ3n) is 5.48. The van der Waals surface area contributed by atoms with Crippen molar-refractivity contribution in [2.75, 3.05) is 18.5 Å². The van der Waals surface area contributed by atoms with Gasteiger partial charge in [0.25, 0.3) is 5.91 Å². The molecule has 8 heteroatoms. The third kappa shape index (κ3) is 3.84. The summed E-state index contributed by atoms with van der Waals surface area (Å²) >= 11 is 1.37. The molecule has 4 heterocycles. The molecule has 7 nitrogen and oxygen atoms in total. The van der Waals surface area contributed by atoms with Gasteiger partial charge in [-0.05, 0) is 42.5 Å². The van der Waals surface area contributed by atoms with Crippen molar-refractivity contribution in [2.45, 2.75) is 0 Å². The lowest BCUT2D eigenvalue weighted by Gasteiger charge is -2.18. The number of pyridine rings is 2. The van der Waals surface area contributed by atoms with E-state index in [1.54, 1.807) is 18.5 Å². The summed E-state index contributed by atoms with van der Waals surface area (Å²) in [5.74, 6) is 1.19. The van der Waals surface area contributed by atoms with E-state index in [0.29, 0.717) is 35.4 Å². The van der Waals surface area contributed by atoms with Gasteiger partial charge < -0.3 is 9.47 Å². The molecule has 6 rings (SSSR count). The van der Waals surface area contributed by atoms with Crippen molar-refractivity contribution in [1.29, 1.82) is 0 Å². The van der Waals surface area contributed by atoms with Gasteiger partial charge in [0, 0.05) is 34.3 Å². The summed E-state index contributed by atoms with van der Waals surface area (Å²) in [5.41, 5.74) is 4.46. The van der Waals surface area contributed by atoms with Crippen LogP contribution in [-0.4, -0.2) is 34.1 Å². The summed E-state index contributed by atoms with van der Waals surface area (Å²) in [6.45, 7) is 1.07. The highest BCUT2D eigenvalue weighted by atomic mass is 32.1. The summed E-state index contributed by atoms with van der Waals surface area (Å²) in [7, 11) is 0. The largest absolute Gasteiger partial charge is 0.486 e. The highest BCUT2D eigenvalue weighted by Crippen LogP contribution is 2.35. The van der Waals surface area contributed by atoms with Gasteiger partial charge >= 0.3 is 0 Å². The number of para-hydroxylation sites is 1. The van der Waals surface area contributed by atoms with Crippen LogP contribution in [0.2, 0.25) is 0 Å². The molecule has 5 aromatic rings. The number of fused-ring (bicyclic) bond motifs is 2. The smallest absolute Gasteiger partial charge is 0.258 e. The van der Waals surface area contributed by atoms with Crippen molar-refractivity contribution >= 4 is 33.3 Å². The summed E-state index contributed by atoms with van der Waals surface area (Å²) in [6.07, 6.45) is 3.44. The molecule has 1 amide bonds. The molecule has 0 aliphatic carbocycles. The molecule has 0 saturated carbocycles. The number of rotatable bonds is 4. The van der Waals surface area contributed by atoms with Crippen molar-refractivity contribution in [3.8, 4) is 34.0 Å². The SMILES string of the molecule is O=C(Nc1nc(-c2ccc3c(c2)OCCO3)cs1)c1cc(-c2cccnc2)nc2ccccc12. The van der Waals surface area contributed by atoms with E-state index >= 15 is 0 Å². The molecule has 1 N–H and O–H groups in total. The number of hydrogen-bond donors (Lipinski definition) is 1. The van der Waals surface area contributed by atoms with Gasteiger partial charge in [-0.25, -0.2) is 9.97 Å². The Bertz CT molecular complexity index is 1520. The number of amides is 1. The quantitative estimate of drug-likeness (QED) is 0.379. The Morgan fingerprint density at radius 3 is 2.65 bits per heavy atom. The fourth-order valence-electron chi connectivity index (χ4n) is 3.86. The number of nitrogens with zero attached hydrogens (tertiary/aromatic N) is 3. The van der Waals surface area contributed by atoms with Gasteiger partial charge in [-0.3, -0.25) is 15.1 Å². The maximum absolute atomic E-state index is 13.3. The van der Waals surface area contributed by atoms with E-state index in [1.165, 1.54) is 11.3 Å². The van der Waals surface area contributed by atoms with E-state index in [4.69, 9.17) is 14.5 Å². The Morgan fingerprint density at radius 2 is 1.76 bits per heavy atom. The number of carbonyl (C=O) groups excluding carboxylic acids is 1. The molecule has 0 fully saturated rings. The molecule has 0 saturated heterocycles. The highest BCUT2D eigenvalue weighted by Gasteiger charge is 2.17. The summed E-state index contributed by atoms with van der Waals surface area (Å²) in [6, 6.07) is 18.9. The number of nitrogens with one attached hydrogen (secondary N) is 1. The maximum Gasteiger partial charge on any atom is 0.258 e. The third-order valence-corrected chi connectivity index (χ3v) is 6.24. The molecule has 0 bridgehead atoms. The van der Waals surface area contributed by atoms with Gasteiger partial charge in [-0.1, -0.05) is 18.2 Å². The second-order valence-electron chi connectivity index (χ2n) is 7.66. The Labute approximate surface area is 199 Å². The second-order valence-corrected chi connectivity index (χ2v) is 8.52. The van der Waals surface area contributed by atoms with Crippen LogP contribution < -0.4 is 14.8 Å². The van der Waals surface area contributed by atoms with Crippen LogP contribution in [0.15, 0.2) is 78.4 Å². The van der Waals surface area contributed by atoms with Crippen LogP contribution in [0.5, 0.6) is 11.5 Å². The maximum atomic E-state index is 13.3. The zero-order chi connectivity index (χ0) is 22.9. The van der Waals surface area contributed by atoms with E-state index < -0.39 is 0 Å². The standard InChI is InChI=1S/C26H18N4O3S/c31-25(19-13-21(17-4-3-9-27-14-17)28-20-6-2-1-5-18(19)20)30-26-29-22(15-34-26)16-7-8-23-24(12-16)33-11-10-32-23/h1-9,12-15H,10-11H2,(H,29,30,31). The molecule has 2 aromatic carbocycles. The number of benzene rings is 2. The van der Waals surface area contributed by atoms with E-state index in [2.05, 4.69) is 15.3 Å². The normalized spacial score (nSPS) is 12.5. The number of thiazole rings is 1. The number of ether oxygens (including phenoxy) is 2. The van der Waals surface area contributed by atoms with Crippen LogP contribution in [0.3, 0.4) is 0 Å². The van der Waals surface area contributed by atoms with Crippen molar-refractivity contribution in [3.63, 3.8) is 0 Å². The van der Waals surface area contributed by atoms with Gasteiger partial charge in [0.05, 0.1) is 22.5 Å². The fourth-order valence-corrected chi connectivity index (χ4v) is 4.57. The van der Waals surface area contributed by atoms with Gasteiger partial charge in [-0.2, -0.15) is 0 Å². The molecule has 0 spiro atoms. The Hall–Kier alpha value is -4.30. The van der Waals surface area contributed by atoms with E-state index in [-0.39, 0.29) is 5.91 Å². The molecule has 166 valence electrons. The minimum Gasteiger partial charge on any atom is -0.486 e. The van der Waals surface area contributed by atoms with E-state index in [1.807, 2.05) is 60.0 Å². The number of hydrogen-bond acceptors (Lipinski definition) is 7. The number of anilines is 1. The molecule has 34 heavy (non-hydrogen) atoms. The number of aromatic nitrogens is 3. The van der Waals surface area contributed by atoms with E-state index in [9.17, 15) is 4.79 Å². The molecule has 0 unspecified atom stereocenters. The van der Waals surface area contributed by atoms with E-state index in [0.717, 1.165) is 33.5 Å². The van der Waals surface area contributed by atoms with Crippen LogP contribution in [0.25, 0.3) is 33.4 Å². The molecular formula is C26H18N4O3S. The highest BCUT2D eigenvalue weighted by molar-refractivity contribution is 7.14. The lowest BCUT2D eigenvalue weighted by Crippen LogP contribution is -2.15. The first-order valence-corrected chi connectivity index (χ1v) is 11.6. The lowest BCUT2D eigenvalue weighted by atomic mass is 10.0. The first-order chi connectivity index (χ1) is 16.7. The topological polar surface area (TPSA) is 86.2 Å². The molecule has 1 aliphatic rings. The second kappa shape index (κ2) is 8.57. The first-order valence-electron chi connectivity index (χ1n) is 10.7. The predicted octanol–water partition coefficient (Wildman–Crippen LogP) is 5.44. The van der Waals surface area contributed by atoms with Crippen molar-refractivity contribution < 1.29 is 14.3 Å². The minimum absolute atomic E-state index is 0.244. The van der Waals surface area contributed by atoms with Crippen LogP contribution in [0, 0.1) is 0 Å². The Balaban J connectivity index is 1.31. The van der Waals surface area contributed by atoms with Gasteiger partial charge in [-0.15, -0.1) is 11.3 Å². The van der Waals surface area contributed by atoms with Crippen LogP contribution >= 0.6 is 11.3 Å². The summed E-state index contributed by atoms with van der Waals surface area (Å²) in [5, 5.41) is 6.15. The first kappa shape index (κ1) is 20.3. The Kier molecular flexibility index (Phi) is 5.12. The molecule has 0 atom stereocenters. The van der Waals surface area contributed by atoms with Crippen molar-refractivity contribution in [3.05, 3.63) is 84.0 Å². The summed E-state index contributed by atoms with van der Waals surface area (Å²) in [4.78, 5) is 26.8. The van der Waals surface area contributed by atoms with Gasteiger partial charge in [0.2, 0.25) is 0 Å². The van der Waals surface area contributed by atoms with Gasteiger partial charge in [0.15, 0.2) is 16.6 Å². The van der Waals surface area contributed by atoms with Gasteiger partial charge in [0.1, 0.15) is 13.2 Å². The zero-order valence-electron chi connectivity index (χ0n) is 17.9. The zero-order valence-corrected chi connectivity index (χ0v) is 18.7. The van der Waals surface area contributed by atoms with Crippen LogP contribution in [0.4, 0.5) is 5.13 Å². The number of carbonyl (C=O) groups is 1. The molecule has 3 aromatic heterocycles. The van der Waals surface area contributed by atoms with Crippen molar-refractivity contribution in [1.82, 2.24) is 15.0 Å². The van der Waals surface area contributed by atoms with Crippen molar-refractivity contribution in [2.24, 2.45) is 0 Å². The monoisotopic (exact) mass is 466 g/mol. The fraction of sp³-hybridized carbons (Fsp3) is 0.0769. The van der Waals surface area contributed by atoms with Crippen LogP contribution in [-0.2, 0) is 0 Å². The molecule has 1 aliphatic heterocycles. The summed E-state index contributed by atoms with van der Waals surface area (Å²) < 4.78 is 11.3. The average Bonchev–Trinajstić information content (AvgIpc) is 3.36. The minimum atomic E-state index is -0.244. The average molecular weight is 467 g/mol. The predicted molar refractivity (Wildman–Crippen MR) is 131 cm³/mol. The Morgan fingerprint density at radius 1 is 0.882 bits per heavy atom. The lowest BCUT2D eigenvalue weighted by molar-refractivity contribution is 0.102.